The summed E-state index contributed by atoms with van der Waals surface area (Å²) >= 11 is 0. The predicted octanol–water partition coefficient (Wildman–Crippen LogP) is 0.465. The van der Waals surface area contributed by atoms with Gasteiger partial charge in [0.15, 0.2) is 0 Å². The first kappa shape index (κ1) is 9.14. The Labute approximate surface area is 60.1 Å². The van der Waals surface area contributed by atoms with Gasteiger partial charge in [-0.3, -0.25) is 0 Å². The van der Waals surface area contributed by atoms with Crippen molar-refractivity contribution in [3.05, 3.63) is 6.29 Å². The SMILES string of the molecule is CO[C](O[SiH3])C(C)(C)C. The molecule has 0 saturated heterocycles. The zero-order valence-corrected chi connectivity index (χ0v) is 8.82. The normalized spacial score (nSPS) is 13.0. The standard InChI is InChI=1S/C6H15O2Si/c1-6(2,3)5(7-4)8-9/h1-4,9H3. The summed E-state index contributed by atoms with van der Waals surface area (Å²) in [6.45, 7) is 6.18. The molecule has 0 N–H and O–H groups in total. The monoisotopic (exact) mass is 147 g/mol. The largest absolute Gasteiger partial charge is 0.397 e. The van der Waals surface area contributed by atoms with E-state index in [1.54, 1.807) is 7.11 Å². The Balaban J connectivity index is 3.79. The van der Waals surface area contributed by atoms with Gasteiger partial charge in [-0.05, 0) is 0 Å². The molecule has 55 valence electrons. The first-order chi connectivity index (χ1) is 4.02. The highest BCUT2D eigenvalue weighted by atomic mass is 28.2. The van der Waals surface area contributed by atoms with Gasteiger partial charge in [-0.1, -0.05) is 20.8 Å². The molecule has 0 aromatic heterocycles. The van der Waals surface area contributed by atoms with E-state index in [0.717, 1.165) is 6.29 Å². The second-order valence-electron chi connectivity index (χ2n) is 2.95. The summed E-state index contributed by atoms with van der Waals surface area (Å²) < 4.78 is 10.1. The van der Waals surface area contributed by atoms with Crippen LogP contribution >= 0.6 is 0 Å². The predicted molar refractivity (Wildman–Crippen MR) is 40.7 cm³/mol. The van der Waals surface area contributed by atoms with E-state index in [1.807, 2.05) is 0 Å². The Hall–Kier alpha value is 0.137. The molecule has 3 heteroatoms. The Morgan fingerprint density at radius 3 is 1.78 bits per heavy atom. The average Bonchev–Trinajstić information content (AvgIpc) is 1.65. The van der Waals surface area contributed by atoms with E-state index in [2.05, 4.69) is 20.8 Å². The van der Waals surface area contributed by atoms with Crippen LogP contribution in [0.3, 0.4) is 0 Å². The molecule has 0 amide bonds. The van der Waals surface area contributed by atoms with Crippen molar-refractivity contribution in [3.63, 3.8) is 0 Å². The maximum atomic E-state index is 5.10. The highest BCUT2D eigenvalue weighted by Crippen LogP contribution is 2.27. The van der Waals surface area contributed by atoms with Crippen LogP contribution in [0, 0.1) is 11.7 Å². The molecule has 0 aromatic carbocycles. The fourth-order valence-corrected chi connectivity index (χ4v) is 1.47. The lowest BCUT2D eigenvalue weighted by Crippen LogP contribution is -2.21. The molecule has 1 radical (unpaired) electrons. The lowest BCUT2D eigenvalue weighted by Gasteiger charge is -2.25. The first-order valence-electron chi connectivity index (χ1n) is 2.97. The van der Waals surface area contributed by atoms with Crippen molar-refractivity contribution in [3.8, 4) is 0 Å². The van der Waals surface area contributed by atoms with Crippen LogP contribution in [-0.2, 0) is 9.16 Å². The number of hydrogen-bond acceptors (Lipinski definition) is 2. The molecule has 0 aliphatic heterocycles. The molecule has 0 aliphatic rings. The van der Waals surface area contributed by atoms with Crippen LogP contribution in [0.15, 0.2) is 0 Å². The number of hydrogen-bond donors (Lipinski definition) is 0. The third kappa shape index (κ3) is 2.98. The minimum absolute atomic E-state index is 0.0243. The third-order valence-corrected chi connectivity index (χ3v) is 1.35. The highest BCUT2D eigenvalue weighted by molar-refractivity contribution is 5.98. The molecule has 0 saturated carbocycles. The second-order valence-corrected chi connectivity index (χ2v) is 3.35. The van der Waals surface area contributed by atoms with Crippen molar-refractivity contribution in [1.82, 2.24) is 0 Å². The second kappa shape index (κ2) is 3.34. The van der Waals surface area contributed by atoms with Gasteiger partial charge in [0, 0.05) is 12.5 Å². The van der Waals surface area contributed by atoms with Crippen LogP contribution < -0.4 is 0 Å². The van der Waals surface area contributed by atoms with Crippen molar-refractivity contribution < 1.29 is 9.16 Å². The van der Waals surface area contributed by atoms with E-state index in [9.17, 15) is 0 Å². The summed E-state index contributed by atoms with van der Waals surface area (Å²) in [5.41, 5.74) is 0.0243. The summed E-state index contributed by atoms with van der Waals surface area (Å²) in [5, 5.41) is 0. The topological polar surface area (TPSA) is 18.5 Å². The van der Waals surface area contributed by atoms with Gasteiger partial charge in [0.2, 0.25) is 6.29 Å². The van der Waals surface area contributed by atoms with Crippen molar-refractivity contribution >= 4 is 10.5 Å². The fraction of sp³-hybridized carbons (Fsp3) is 0.833. The van der Waals surface area contributed by atoms with E-state index in [4.69, 9.17) is 9.16 Å². The van der Waals surface area contributed by atoms with E-state index in [1.165, 1.54) is 0 Å². The Morgan fingerprint density at radius 2 is 1.78 bits per heavy atom. The summed E-state index contributed by atoms with van der Waals surface area (Å²) in [6.07, 6.45) is 0.731. The lowest BCUT2D eigenvalue weighted by molar-refractivity contribution is -0.00846. The van der Waals surface area contributed by atoms with Gasteiger partial charge in [0.1, 0.15) is 10.5 Å². The van der Waals surface area contributed by atoms with Gasteiger partial charge >= 0.3 is 0 Å². The summed E-state index contributed by atoms with van der Waals surface area (Å²) in [4.78, 5) is 0. The molecular formula is C6H15O2Si. The molecule has 0 fully saturated rings. The minimum atomic E-state index is 0.0243. The van der Waals surface area contributed by atoms with Crippen LogP contribution in [0.4, 0.5) is 0 Å². The van der Waals surface area contributed by atoms with Crippen molar-refractivity contribution in [1.29, 1.82) is 0 Å². The summed E-state index contributed by atoms with van der Waals surface area (Å²) in [6, 6.07) is 0. The van der Waals surface area contributed by atoms with E-state index >= 15 is 0 Å². The van der Waals surface area contributed by atoms with Gasteiger partial charge in [-0.2, -0.15) is 0 Å². The summed E-state index contributed by atoms with van der Waals surface area (Å²) in [5.74, 6) is 0. The summed E-state index contributed by atoms with van der Waals surface area (Å²) in [7, 11) is 2.34. The zero-order chi connectivity index (χ0) is 7.49. The molecule has 2 nitrogen and oxygen atoms in total. The number of methoxy groups -OCH3 is 1. The Morgan fingerprint density at radius 1 is 1.33 bits per heavy atom. The van der Waals surface area contributed by atoms with Gasteiger partial charge in [-0.15, -0.1) is 0 Å². The van der Waals surface area contributed by atoms with Crippen LogP contribution in [0.5, 0.6) is 0 Å². The van der Waals surface area contributed by atoms with Crippen LogP contribution in [0.2, 0.25) is 0 Å². The fourth-order valence-electron chi connectivity index (χ4n) is 0.696. The Bertz CT molecular complexity index is 73.6. The van der Waals surface area contributed by atoms with Gasteiger partial charge < -0.3 is 9.16 Å². The van der Waals surface area contributed by atoms with Crippen LogP contribution in [0.1, 0.15) is 20.8 Å². The highest BCUT2D eigenvalue weighted by Gasteiger charge is 2.25. The molecule has 0 unspecified atom stereocenters. The van der Waals surface area contributed by atoms with Crippen molar-refractivity contribution in [2.24, 2.45) is 5.41 Å². The molecule has 0 aromatic rings. The molecular weight excluding hydrogens is 132 g/mol. The Kier molecular flexibility index (Phi) is 3.39. The quantitative estimate of drug-likeness (QED) is 0.528. The van der Waals surface area contributed by atoms with Crippen molar-refractivity contribution in [2.45, 2.75) is 20.8 Å². The van der Waals surface area contributed by atoms with Crippen LogP contribution in [-0.4, -0.2) is 17.6 Å². The first-order valence-corrected chi connectivity index (χ1v) is 3.79. The smallest absolute Gasteiger partial charge is 0.217 e. The third-order valence-electron chi connectivity index (χ3n) is 0.983. The van der Waals surface area contributed by atoms with E-state index < -0.39 is 0 Å². The van der Waals surface area contributed by atoms with Gasteiger partial charge in [-0.25, -0.2) is 0 Å². The maximum Gasteiger partial charge on any atom is 0.217 e. The minimum Gasteiger partial charge on any atom is -0.397 e. The van der Waals surface area contributed by atoms with E-state index in [-0.39, 0.29) is 5.41 Å². The molecule has 0 atom stereocenters. The van der Waals surface area contributed by atoms with E-state index in [0.29, 0.717) is 10.5 Å². The average molecular weight is 147 g/mol. The van der Waals surface area contributed by atoms with Gasteiger partial charge in [0.05, 0.1) is 0 Å². The van der Waals surface area contributed by atoms with Crippen LogP contribution in [0.25, 0.3) is 0 Å². The molecule has 0 bridgehead atoms. The zero-order valence-electron chi connectivity index (χ0n) is 6.82. The van der Waals surface area contributed by atoms with Gasteiger partial charge in [0.25, 0.3) is 0 Å². The molecule has 0 aliphatic carbocycles. The van der Waals surface area contributed by atoms with Crippen molar-refractivity contribution in [2.75, 3.05) is 7.11 Å². The molecule has 0 rings (SSSR count). The molecule has 0 heterocycles. The maximum absolute atomic E-state index is 5.10. The number of rotatable bonds is 2. The molecule has 0 spiro atoms. The number of ether oxygens (including phenoxy) is 1. The molecule has 9 heavy (non-hydrogen) atoms. The lowest BCUT2D eigenvalue weighted by atomic mass is 9.96.